The molecule has 0 radical (unpaired) electrons. The number of ether oxygens (including phenoxy) is 4. The molecule has 44 heavy (non-hydrogen) atoms. The average molecular weight is 604 g/mol. The molecule has 6 rings (SSSR count). The summed E-state index contributed by atoms with van der Waals surface area (Å²) in [7, 11) is 0. The number of aromatic nitrogens is 8. The Kier molecular flexibility index (Phi) is 8.25. The van der Waals surface area contributed by atoms with Gasteiger partial charge in [-0.3, -0.25) is 0 Å². The molecule has 2 atom stereocenters. The summed E-state index contributed by atoms with van der Waals surface area (Å²) in [6.45, 7) is 0.752. The molecule has 0 saturated carbocycles. The van der Waals surface area contributed by atoms with Gasteiger partial charge in [-0.1, -0.05) is 30.3 Å². The number of hydrogen-bond donors (Lipinski definition) is 5. The first kappa shape index (κ1) is 29.2. The minimum Gasteiger partial charge on any atom is -0.383 e. The second-order valence-corrected chi connectivity index (χ2v) is 10.6. The van der Waals surface area contributed by atoms with Gasteiger partial charge in [-0.2, -0.15) is 29.9 Å². The van der Waals surface area contributed by atoms with E-state index in [1.54, 1.807) is 6.20 Å². The van der Waals surface area contributed by atoms with Crippen molar-refractivity contribution in [1.29, 1.82) is 0 Å². The normalized spacial score (nSPS) is 23.5. The topological polar surface area (TPSA) is 270 Å². The third-order valence-electron chi connectivity index (χ3n) is 7.31. The maximum atomic E-state index is 6.49. The van der Waals surface area contributed by atoms with Crippen LogP contribution in [0, 0.1) is 5.41 Å². The molecular formula is C27H33N13O4. The van der Waals surface area contributed by atoms with Crippen LogP contribution in [0.15, 0.2) is 36.5 Å². The van der Waals surface area contributed by atoms with E-state index in [2.05, 4.69) is 39.9 Å². The lowest BCUT2D eigenvalue weighted by atomic mass is 9.82. The molecule has 17 nitrogen and oxygen atoms in total. The van der Waals surface area contributed by atoms with Crippen molar-refractivity contribution in [3.8, 4) is 11.1 Å². The van der Waals surface area contributed by atoms with Gasteiger partial charge in [-0.15, -0.1) is 0 Å². The molecule has 3 aromatic heterocycles. The first-order valence-electron chi connectivity index (χ1n) is 14.0. The number of anilines is 5. The molecule has 5 heterocycles. The maximum Gasteiger partial charge on any atom is 0.225 e. The smallest absolute Gasteiger partial charge is 0.225 e. The van der Waals surface area contributed by atoms with Gasteiger partial charge in [0.2, 0.25) is 23.8 Å². The summed E-state index contributed by atoms with van der Waals surface area (Å²) in [4.78, 5) is 33.5. The first-order chi connectivity index (χ1) is 21.3. The van der Waals surface area contributed by atoms with E-state index in [-0.39, 0.29) is 43.6 Å². The number of hydrogen-bond acceptors (Lipinski definition) is 17. The fourth-order valence-corrected chi connectivity index (χ4v) is 5.17. The molecule has 4 aromatic rings. The van der Waals surface area contributed by atoms with Crippen molar-refractivity contribution >= 4 is 29.6 Å². The van der Waals surface area contributed by atoms with Gasteiger partial charge >= 0.3 is 0 Å². The Bertz CT molecular complexity index is 1560. The van der Waals surface area contributed by atoms with Crippen LogP contribution in [0.5, 0.6) is 0 Å². The number of benzene rings is 1. The van der Waals surface area contributed by atoms with Crippen LogP contribution in [0.2, 0.25) is 0 Å². The van der Waals surface area contributed by atoms with Crippen LogP contribution in [0.25, 0.3) is 11.1 Å². The summed E-state index contributed by atoms with van der Waals surface area (Å²) < 4.78 is 25.0. The molecule has 0 aliphatic carbocycles. The third-order valence-corrected chi connectivity index (χ3v) is 7.31. The van der Waals surface area contributed by atoms with Crippen molar-refractivity contribution in [3.05, 3.63) is 54.0 Å². The maximum absolute atomic E-state index is 6.49. The number of nitrogens with zero attached hydrogens (tertiary/aromatic N) is 8. The van der Waals surface area contributed by atoms with Gasteiger partial charge in [0.25, 0.3) is 0 Å². The van der Waals surface area contributed by atoms with E-state index in [1.807, 2.05) is 30.3 Å². The van der Waals surface area contributed by atoms with Crippen molar-refractivity contribution < 1.29 is 18.9 Å². The van der Waals surface area contributed by atoms with Crippen molar-refractivity contribution in [2.45, 2.75) is 44.4 Å². The van der Waals surface area contributed by atoms with Gasteiger partial charge < -0.3 is 47.6 Å². The Morgan fingerprint density at radius 1 is 0.659 bits per heavy atom. The number of rotatable bonds is 8. The zero-order chi connectivity index (χ0) is 30.7. The second kappa shape index (κ2) is 12.4. The second-order valence-electron chi connectivity index (χ2n) is 10.6. The summed E-state index contributed by atoms with van der Waals surface area (Å²) in [6, 6.07) is 9.67. The molecule has 1 aromatic carbocycles. The highest BCUT2D eigenvalue weighted by Gasteiger charge is 2.51. The zero-order valence-corrected chi connectivity index (χ0v) is 23.7. The summed E-state index contributed by atoms with van der Waals surface area (Å²) in [6.07, 6.45) is 1.58. The molecule has 2 aliphatic heterocycles. The quantitative estimate of drug-likeness (QED) is 0.183. The van der Waals surface area contributed by atoms with Crippen molar-refractivity contribution in [1.82, 2.24) is 39.9 Å². The van der Waals surface area contributed by atoms with Gasteiger partial charge in [-0.05, 0) is 5.56 Å². The van der Waals surface area contributed by atoms with Crippen LogP contribution in [0.4, 0.5) is 29.6 Å². The fraction of sp³-hybridized carbons (Fsp3) is 0.407. The van der Waals surface area contributed by atoms with Crippen molar-refractivity contribution in [3.63, 3.8) is 0 Å². The lowest BCUT2D eigenvalue weighted by Gasteiger charge is -2.48. The van der Waals surface area contributed by atoms with Crippen LogP contribution in [-0.4, -0.2) is 72.3 Å². The van der Waals surface area contributed by atoms with Crippen molar-refractivity contribution in [2.24, 2.45) is 5.41 Å². The van der Waals surface area contributed by atoms with E-state index in [0.717, 1.165) is 5.56 Å². The predicted molar refractivity (Wildman–Crippen MR) is 158 cm³/mol. The molecule has 1 spiro atoms. The predicted octanol–water partition coefficient (Wildman–Crippen LogP) is 0.464. The van der Waals surface area contributed by atoms with Crippen molar-refractivity contribution in [2.75, 3.05) is 48.5 Å². The van der Waals surface area contributed by atoms with Crippen LogP contribution >= 0.6 is 0 Å². The summed E-state index contributed by atoms with van der Waals surface area (Å²) in [5.74, 6) is 1.82. The van der Waals surface area contributed by atoms with Crippen LogP contribution in [0.3, 0.4) is 0 Å². The molecule has 0 bridgehead atoms. The largest absolute Gasteiger partial charge is 0.383 e. The molecule has 2 fully saturated rings. The fourth-order valence-electron chi connectivity index (χ4n) is 5.17. The molecule has 2 unspecified atom stereocenters. The van der Waals surface area contributed by atoms with E-state index >= 15 is 0 Å². The first-order valence-corrected chi connectivity index (χ1v) is 14.0. The summed E-state index contributed by atoms with van der Waals surface area (Å²) in [5.41, 5.74) is 30.1. The monoisotopic (exact) mass is 603 g/mol. The molecule has 10 N–H and O–H groups in total. The lowest BCUT2D eigenvalue weighted by Crippen LogP contribution is -2.54. The summed E-state index contributed by atoms with van der Waals surface area (Å²) in [5, 5.41) is 0. The Labute approximate surface area is 252 Å². The molecule has 17 heteroatoms. The van der Waals surface area contributed by atoms with Gasteiger partial charge in [0.15, 0.2) is 18.4 Å². The third kappa shape index (κ3) is 6.55. The lowest BCUT2D eigenvalue weighted by molar-refractivity contribution is -0.334. The van der Waals surface area contributed by atoms with E-state index < -0.39 is 24.1 Å². The molecular weight excluding hydrogens is 570 g/mol. The van der Waals surface area contributed by atoms with E-state index in [9.17, 15) is 0 Å². The number of nitrogens with two attached hydrogens (primary N) is 5. The zero-order valence-electron chi connectivity index (χ0n) is 23.7. The Hall–Kier alpha value is -4.84. The standard InChI is InChI=1S/C27H33N13O4/c28-21-15(14-4-2-1-3-5-14)10-33-22(38-21)20-27(13-43-19(44-20)9-7-17-36-25(31)40-26(32)37-17)11-41-18(42-12-27)8-6-16-34-23(29)39-24(30)35-16/h1-5,10,18-20H,6-9,11-13H2,(H2,28,33,38)(H4,29,30,34,35,39)(H4,31,32,36,37,40). The molecule has 230 valence electrons. The Morgan fingerprint density at radius 3 is 1.73 bits per heavy atom. The van der Waals surface area contributed by atoms with E-state index in [1.165, 1.54) is 0 Å². The Balaban J connectivity index is 1.19. The van der Waals surface area contributed by atoms with E-state index in [0.29, 0.717) is 54.5 Å². The van der Waals surface area contributed by atoms with Gasteiger partial charge in [0.1, 0.15) is 23.6 Å². The summed E-state index contributed by atoms with van der Waals surface area (Å²) >= 11 is 0. The molecule has 2 aliphatic rings. The van der Waals surface area contributed by atoms with Crippen LogP contribution in [0.1, 0.15) is 36.4 Å². The van der Waals surface area contributed by atoms with Crippen LogP contribution in [-0.2, 0) is 31.8 Å². The molecule has 0 amide bonds. The highest BCUT2D eigenvalue weighted by molar-refractivity contribution is 5.72. The minimum absolute atomic E-state index is 0.0469. The Morgan fingerprint density at radius 2 is 1.18 bits per heavy atom. The van der Waals surface area contributed by atoms with Gasteiger partial charge in [0, 0.05) is 37.4 Å². The van der Waals surface area contributed by atoms with Gasteiger partial charge in [-0.25, -0.2) is 9.97 Å². The number of nitrogen functional groups attached to an aromatic ring is 5. The average Bonchev–Trinajstić information content (AvgIpc) is 3.00. The van der Waals surface area contributed by atoms with Crippen LogP contribution < -0.4 is 28.7 Å². The highest BCUT2D eigenvalue weighted by Crippen LogP contribution is 2.45. The molecule has 2 saturated heterocycles. The highest BCUT2D eigenvalue weighted by atomic mass is 16.7. The SMILES string of the molecule is Nc1nc(N)nc(CCC2OCC3(CO2)COC(CCc2nc(N)nc(N)n2)OC3c2ncc(-c3ccccc3)c(N)n2)n1. The van der Waals surface area contributed by atoms with Gasteiger partial charge in [0.05, 0.1) is 25.2 Å². The number of aryl methyl sites for hydroxylation is 2. The van der Waals surface area contributed by atoms with E-state index in [4.69, 9.17) is 47.6 Å². The minimum atomic E-state index is -0.752.